The Morgan fingerprint density at radius 1 is 1.42 bits per heavy atom. The van der Waals surface area contributed by atoms with Gasteiger partial charge in [-0.2, -0.15) is 5.26 Å². The molecule has 1 aromatic carbocycles. The zero-order chi connectivity index (χ0) is 13.0. The largest absolute Gasteiger partial charge is 0.369 e. The van der Waals surface area contributed by atoms with E-state index in [1.807, 2.05) is 12.1 Å². The van der Waals surface area contributed by atoms with Crippen molar-refractivity contribution >= 4 is 17.0 Å². The number of nitrogens with two attached hydrogens (primary N) is 1. The third-order valence-corrected chi connectivity index (χ3v) is 4.74. The maximum Gasteiger partial charge on any atom is 0.201 e. The van der Waals surface area contributed by atoms with Gasteiger partial charge in [-0.05, 0) is 49.1 Å². The Hall–Kier alpha value is -2.02. The van der Waals surface area contributed by atoms with Gasteiger partial charge < -0.3 is 10.3 Å². The van der Waals surface area contributed by atoms with E-state index >= 15 is 0 Å². The number of fused-ring (bicyclic) bond motifs is 1. The van der Waals surface area contributed by atoms with Crippen molar-refractivity contribution in [3.8, 4) is 6.07 Å². The van der Waals surface area contributed by atoms with Crippen LogP contribution in [0.3, 0.4) is 0 Å². The fourth-order valence-corrected chi connectivity index (χ4v) is 3.29. The number of aromatic nitrogens is 2. The fraction of sp³-hybridized carbons (Fsp3) is 0.467. The SMILES string of the molecule is N#Cc1cccc2c1nc(N)n2CC1(C2CC2)CC1. The molecule has 2 aliphatic carbocycles. The van der Waals surface area contributed by atoms with E-state index in [1.165, 1.54) is 25.7 Å². The molecule has 2 N–H and O–H groups in total. The van der Waals surface area contributed by atoms with Gasteiger partial charge in [0.15, 0.2) is 0 Å². The lowest BCUT2D eigenvalue weighted by Gasteiger charge is -2.16. The van der Waals surface area contributed by atoms with Crippen LogP contribution in [0.15, 0.2) is 18.2 Å². The molecule has 1 aromatic heterocycles. The first kappa shape index (κ1) is 10.9. The minimum absolute atomic E-state index is 0.477. The number of anilines is 1. The van der Waals surface area contributed by atoms with Crippen LogP contribution < -0.4 is 5.73 Å². The third kappa shape index (κ3) is 1.54. The molecule has 0 amide bonds. The van der Waals surface area contributed by atoms with Crippen molar-refractivity contribution in [3.63, 3.8) is 0 Å². The Kier molecular flexibility index (Phi) is 2.00. The highest BCUT2D eigenvalue weighted by Gasteiger charge is 2.54. The van der Waals surface area contributed by atoms with Crippen LogP contribution in [0.5, 0.6) is 0 Å². The second-order valence-electron chi connectivity index (χ2n) is 5.98. The summed E-state index contributed by atoms with van der Waals surface area (Å²) in [5.41, 5.74) is 8.91. The van der Waals surface area contributed by atoms with Gasteiger partial charge in [-0.3, -0.25) is 0 Å². The number of nitriles is 1. The molecule has 19 heavy (non-hydrogen) atoms. The predicted molar refractivity (Wildman–Crippen MR) is 73.3 cm³/mol. The molecule has 4 nitrogen and oxygen atoms in total. The molecule has 2 aliphatic rings. The summed E-state index contributed by atoms with van der Waals surface area (Å²) in [6, 6.07) is 7.92. The van der Waals surface area contributed by atoms with Crippen molar-refractivity contribution in [2.24, 2.45) is 11.3 Å². The van der Waals surface area contributed by atoms with Gasteiger partial charge in [0.2, 0.25) is 5.95 Å². The molecule has 0 aliphatic heterocycles. The van der Waals surface area contributed by atoms with Gasteiger partial charge in [-0.15, -0.1) is 0 Å². The van der Waals surface area contributed by atoms with Gasteiger partial charge >= 0.3 is 0 Å². The van der Waals surface area contributed by atoms with E-state index in [-0.39, 0.29) is 0 Å². The number of imidazole rings is 1. The first-order valence-electron chi connectivity index (χ1n) is 6.88. The average Bonchev–Trinajstić information content (AvgIpc) is 3.29. The highest BCUT2D eigenvalue weighted by Crippen LogP contribution is 2.62. The van der Waals surface area contributed by atoms with Gasteiger partial charge in [0.25, 0.3) is 0 Å². The Labute approximate surface area is 111 Å². The maximum atomic E-state index is 9.14. The summed E-state index contributed by atoms with van der Waals surface area (Å²) in [5, 5.41) is 9.14. The van der Waals surface area contributed by atoms with Crippen molar-refractivity contribution in [1.82, 2.24) is 9.55 Å². The molecule has 96 valence electrons. The minimum Gasteiger partial charge on any atom is -0.369 e. The van der Waals surface area contributed by atoms with Crippen LogP contribution in [-0.4, -0.2) is 9.55 Å². The molecule has 2 saturated carbocycles. The van der Waals surface area contributed by atoms with Crippen LogP contribution in [-0.2, 0) is 6.54 Å². The Bertz CT molecular complexity index is 699. The quantitative estimate of drug-likeness (QED) is 0.913. The molecule has 4 heteroatoms. The molecule has 0 unspecified atom stereocenters. The summed E-state index contributed by atoms with van der Waals surface area (Å²) in [6.07, 6.45) is 5.37. The third-order valence-electron chi connectivity index (χ3n) is 4.74. The number of benzene rings is 1. The number of hydrogen-bond donors (Lipinski definition) is 1. The van der Waals surface area contributed by atoms with E-state index in [9.17, 15) is 0 Å². The number of hydrogen-bond acceptors (Lipinski definition) is 3. The highest BCUT2D eigenvalue weighted by molar-refractivity contribution is 5.84. The molecule has 4 rings (SSSR count). The standard InChI is InChI=1S/C15H16N4/c16-8-10-2-1-3-12-13(10)18-14(17)19(12)9-15(6-7-15)11-4-5-11/h1-3,11H,4-7,9H2,(H2,17,18). The van der Waals surface area contributed by atoms with Crippen LogP contribution in [0.2, 0.25) is 0 Å². The molecule has 2 aromatic rings. The van der Waals surface area contributed by atoms with E-state index in [1.54, 1.807) is 6.07 Å². The smallest absolute Gasteiger partial charge is 0.201 e. The summed E-state index contributed by atoms with van der Waals surface area (Å²) in [7, 11) is 0. The summed E-state index contributed by atoms with van der Waals surface area (Å²) < 4.78 is 2.11. The van der Waals surface area contributed by atoms with E-state index in [2.05, 4.69) is 15.6 Å². The Balaban J connectivity index is 1.81. The van der Waals surface area contributed by atoms with Gasteiger partial charge in [0, 0.05) is 6.54 Å². The molecule has 2 fully saturated rings. The molecule has 0 spiro atoms. The minimum atomic E-state index is 0.477. The molecule has 0 atom stereocenters. The summed E-state index contributed by atoms with van der Waals surface area (Å²) in [4.78, 5) is 4.39. The number of nitrogen functional groups attached to an aromatic ring is 1. The number of rotatable bonds is 3. The normalized spacial score (nSPS) is 20.4. The van der Waals surface area contributed by atoms with Crippen LogP contribution in [0.4, 0.5) is 5.95 Å². The van der Waals surface area contributed by atoms with E-state index in [0.717, 1.165) is 23.5 Å². The van der Waals surface area contributed by atoms with Crippen molar-refractivity contribution in [2.75, 3.05) is 5.73 Å². The van der Waals surface area contributed by atoms with Crippen LogP contribution in [0.1, 0.15) is 31.2 Å². The molecular weight excluding hydrogens is 236 g/mol. The number of para-hydroxylation sites is 1. The van der Waals surface area contributed by atoms with Gasteiger partial charge in [-0.1, -0.05) is 6.07 Å². The zero-order valence-electron chi connectivity index (χ0n) is 10.8. The summed E-state index contributed by atoms with van der Waals surface area (Å²) in [6.45, 7) is 0.967. The van der Waals surface area contributed by atoms with Crippen molar-refractivity contribution in [1.29, 1.82) is 5.26 Å². The molecule has 0 bridgehead atoms. The van der Waals surface area contributed by atoms with Gasteiger partial charge in [0.1, 0.15) is 11.6 Å². The molecular formula is C15H16N4. The van der Waals surface area contributed by atoms with E-state index in [4.69, 9.17) is 11.0 Å². The lowest BCUT2D eigenvalue weighted by molar-refractivity contribution is 0.377. The molecule has 0 saturated heterocycles. The van der Waals surface area contributed by atoms with Gasteiger partial charge in [-0.25, -0.2) is 4.98 Å². The van der Waals surface area contributed by atoms with Crippen LogP contribution in [0.25, 0.3) is 11.0 Å². The van der Waals surface area contributed by atoms with Crippen LogP contribution >= 0.6 is 0 Å². The Morgan fingerprint density at radius 2 is 2.21 bits per heavy atom. The van der Waals surface area contributed by atoms with Crippen molar-refractivity contribution in [2.45, 2.75) is 32.2 Å². The average molecular weight is 252 g/mol. The van der Waals surface area contributed by atoms with Crippen LogP contribution in [0, 0.1) is 22.7 Å². The Morgan fingerprint density at radius 3 is 2.84 bits per heavy atom. The topological polar surface area (TPSA) is 67.6 Å². The lowest BCUT2D eigenvalue weighted by Crippen LogP contribution is -2.15. The predicted octanol–water partition coefficient (Wildman–Crippen LogP) is 2.68. The second kappa shape index (κ2) is 3.51. The lowest BCUT2D eigenvalue weighted by atomic mass is 10.0. The van der Waals surface area contributed by atoms with E-state index in [0.29, 0.717) is 16.9 Å². The first-order chi connectivity index (χ1) is 9.23. The highest BCUT2D eigenvalue weighted by atomic mass is 15.2. The maximum absolute atomic E-state index is 9.14. The summed E-state index contributed by atoms with van der Waals surface area (Å²) >= 11 is 0. The first-order valence-corrected chi connectivity index (χ1v) is 6.88. The molecule has 0 radical (unpaired) electrons. The second-order valence-corrected chi connectivity index (χ2v) is 5.98. The summed E-state index contributed by atoms with van der Waals surface area (Å²) in [5.74, 6) is 1.44. The van der Waals surface area contributed by atoms with E-state index < -0.39 is 0 Å². The zero-order valence-corrected chi connectivity index (χ0v) is 10.8. The van der Waals surface area contributed by atoms with Crippen molar-refractivity contribution in [3.05, 3.63) is 23.8 Å². The monoisotopic (exact) mass is 252 g/mol. The fourth-order valence-electron chi connectivity index (χ4n) is 3.29. The van der Waals surface area contributed by atoms with Gasteiger partial charge in [0.05, 0.1) is 11.1 Å². The van der Waals surface area contributed by atoms with Crippen molar-refractivity contribution < 1.29 is 0 Å². The molecule has 1 heterocycles. The number of nitrogens with zero attached hydrogens (tertiary/aromatic N) is 3.